The molecule has 8 rings (SSSR count). The first kappa shape index (κ1) is 63.5. The maximum Gasteiger partial charge on any atom is 0.509 e. The third kappa shape index (κ3) is 17.3. The number of aromatic amines is 1. The van der Waals surface area contributed by atoms with Crippen molar-refractivity contribution < 1.29 is 56.7 Å². The fourth-order valence-corrected chi connectivity index (χ4v) is 10.6. The molecular formula is C59H68N12O13S2. The number of aromatic nitrogens is 7. The van der Waals surface area contributed by atoms with Crippen molar-refractivity contribution in [1.82, 2.24) is 54.8 Å². The molecule has 0 saturated carbocycles. The van der Waals surface area contributed by atoms with E-state index >= 15 is 0 Å². The molecule has 0 bridgehead atoms. The van der Waals surface area contributed by atoms with Crippen molar-refractivity contribution in [2.75, 3.05) is 44.5 Å². The zero-order valence-corrected chi connectivity index (χ0v) is 50.4. The molecule has 6 aromatic rings. The van der Waals surface area contributed by atoms with Crippen molar-refractivity contribution in [3.8, 4) is 23.2 Å². The van der Waals surface area contributed by atoms with Crippen LogP contribution in [0.1, 0.15) is 106 Å². The quantitative estimate of drug-likeness (QED) is 0.0211. The van der Waals surface area contributed by atoms with Gasteiger partial charge in [-0.1, -0.05) is 47.4 Å². The van der Waals surface area contributed by atoms with Gasteiger partial charge in [-0.2, -0.15) is 0 Å². The van der Waals surface area contributed by atoms with E-state index in [1.807, 2.05) is 56.3 Å². The number of cyclic esters (lactones) is 1. The first-order valence-corrected chi connectivity index (χ1v) is 29.6. The van der Waals surface area contributed by atoms with E-state index in [1.54, 1.807) is 78.3 Å². The van der Waals surface area contributed by atoms with Crippen LogP contribution in [0.3, 0.4) is 0 Å². The van der Waals surface area contributed by atoms with Crippen molar-refractivity contribution in [2.24, 2.45) is 0 Å². The average Bonchev–Trinajstić information content (AvgIpc) is 1.60. The summed E-state index contributed by atoms with van der Waals surface area (Å²) in [6, 6.07) is 15.6. The van der Waals surface area contributed by atoms with Crippen molar-refractivity contribution >= 4 is 75.5 Å². The minimum atomic E-state index is -1.60. The fraction of sp³-hybridized carbons (Fsp3) is 0.424. The molecule has 0 fully saturated rings. The van der Waals surface area contributed by atoms with Crippen molar-refractivity contribution in [3.05, 3.63) is 127 Å². The van der Waals surface area contributed by atoms with E-state index in [1.165, 1.54) is 0 Å². The highest BCUT2D eigenvalue weighted by Crippen LogP contribution is 2.39. The van der Waals surface area contributed by atoms with Gasteiger partial charge < -0.3 is 54.5 Å². The molecule has 0 saturated heterocycles. The number of esters is 1. The molecule has 4 amide bonds. The minimum Gasteiger partial charge on any atom is -0.458 e. The van der Waals surface area contributed by atoms with E-state index in [-0.39, 0.29) is 56.0 Å². The predicted molar refractivity (Wildman–Crippen MR) is 317 cm³/mol. The fourth-order valence-electron chi connectivity index (χ4n) is 9.53. The van der Waals surface area contributed by atoms with Gasteiger partial charge in [0.1, 0.15) is 32.1 Å². The van der Waals surface area contributed by atoms with E-state index in [0.29, 0.717) is 83.0 Å². The Morgan fingerprint density at radius 3 is 2.50 bits per heavy atom. The first-order valence-electron chi connectivity index (χ1n) is 27.7. The Kier molecular flexibility index (Phi) is 21.1. The normalized spacial score (nSPS) is 13.8. The van der Waals surface area contributed by atoms with E-state index in [4.69, 9.17) is 40.9 Å². The maximum absolute atomic E-state index is 14.1. The van der Waals surface area contributed by atoms with Crippen LogP contribution < -0.4 is 26.8 Å². The summed E-state index contributed by atoms with van der Waals surface area (Å²) in [6.07, 6.45) is 5.83. The molecule has 0 aliphatic carbocycles. The first-order chi connectivity index (χ1) is 41.0. The molecule has 2 aliphatic rings. The number of fused-ring (bicyclic) bond motifs is 5. The summed E-state index contributed by atoms with van der Waals surface area (Å²) in [6.45, 7) is 10.7. The second-order valence-electron chi connectivity index (χ2n) is 22.0. The van der Waals surface area contributed by atoms with E-state index in [9.17, 15) is 37.8 Å². The molecule has 25 nitrogen and oxygen atoms in total. The van der Waals surface area contributed by atoms with Gasteiger partial charge in [-0.05, 0) is 102 Å². The van der Waals surface area contributed by atoms with Gasteiger partial charge in [-0.15, -0.1) is 5.10 Å². The number of hydrogen-bond donors (Lipinski definition) is 5. The Labute approximate surface area is 503 Å². The second kappa shape index (κ2) is 28.6. The summed E-state index contributed by atoms with van der Waals surface area (Å²) in [4.78, 5) is 102. The Bertz CT molecular complexity index is 3720. The lowest BCUT2D eigenvalue weighted by molar-refractivity contribution is -0.159. The molecule has 27 heteroatoms. The number of amides is 4. The number of benzene rings is 2. The molecule has 2 atom stereocenters. The molecule has 2 aliphatic heterocycles. The van der Waals surface area contributed by atoms with Gasteiger partial charge >= 0.3 is 12.1 Å². The van der Waals surface area contributed by atoms with Crippen LogP contribution >= 0.6 is 12.2 Å². The zero-order chi connectivity index (χ0) is 61.7. The number of unbranched alkanes of at least 4 members (excludes halogenated alkanes) is 1. The smallest absolute Gasteiger partial charge is 0.458 e. The van der Waals surface area contributed by atoms with Crippen LogP contribution in [-0.2, 0) is 97.9 Å². The number of hydrogen-bond acceptors (Lipinski definition) is 18. The topological polar surface area (TPSA) is 311 Å². The molecular weight excluding hydrogens is 1150 g/mol. The summed E-state index contributed by atoms with van der Waals surface area (Å²) >= 11 is 4.93. The lowest BCUT2D eigenvalue weighted by Crippen LogP contribution is -2.50. The number of nitrogens with one attached hydrogen (secondary N) is 5. The Morgan fingerprint density at radius 2 is 1.76 bits per heavy atom. The van der Waals surface area contributed by atoms with Crippen LogP contribution in [0.2, 0.25) is 0 Å². The number of anilines is 1. The van der Waals surface area contributed by atoms with Gasteiger partial charge in [0, 0.05) is 66.3 Å². The standard InChI is InChI=1S/C59H68N12O13S2/c1-36(2)71(86(7)79)22-21-41-42-14-11-12-15-46(42)65-52-44(41)29-70-47(52)23-43-45(54(70)76)31-81-55(77)53(43)84-57(78)82-30-37-17-19-39(20-18-37)64-49(73)27-61-50(74)32-80-33-51(75)66-58(3,4)35-83-59(5,6)34-69-28-40(67-68-69)26-60-48(72)16-10-8-9-13-38-24-62-56(85)63-25-38/h11-12,14-15,17-20,23-25,28,36,53H,8,10,16,21-22,26-27,29-35H2,1-7H3,(H,60,72)(H,61,74)(H,64,73)(H,66,75)(H,62,63,85). The third-order valence-corrected chi connectivity index (χ3v) is 15.2. The summed E-state index contributed by atoms with van der Waals surface area (Å²) in [7, 11) is -1.21. The lowest BCUT2D eigenvalue weighted by atomic mass is 9.97. The number of carbonyl (C=O) groups excluding carboxylic acids is 6. The highest BCUT2D eigenvalue weighted by Gasteiger charge is 2.39. The highest BCUT2D eigenvalue weighted by atomic mass is 32.2. The third-order valence-electron chi connectivity index (χ3n) is 13.7. The molecule has 4 aromatic heterocycles. The van der Waals surface area contributed by atoms with Gasteiger partial charge in [0.2, 0.25) is 29.7 Å². The van der Waals surface area contributed by atoms with E-state index in [2.05, 4.69) is 53.4 Å². The van der Waals surface area contributed by atoms with Crippen LogP contribution in [0.5, 0.6) is 0 Å². The molecule has 2 aromatic carbocycles. The summed E-state index contributed by atoms with van der Waals surface area (Å²) in [5.41, 5.74) is 4.04. The Balaban J connectivity index is 0.719. The largest absolute Gasteiger partial charge is 0.509 e. The van der Waals surface area contributed by atoms with Crippen LogP contribution in [-0.4, -0.2) is 135 Å². The summed E-state index contributed by atoms with van der Waals surface area (Å²) < 4.78 is 45.7. The number of carbonyl (C=O) groups is 6. The maximum atomic E-state index is 14.1. The second-order valence-corrected chi connectivity index (χ2v) is 23.7. The van der Waals surface area contributed by atoms with Crippen molar-refractivity contribution in [3.63, 3.8) is 0 Å². The Morgan fingerprint density at radius 1 is 0.988 bits per heavy atom. The number of rotatable bonds is 26. The van der Waals surface area contributed by atoms with Crippen molar-refractivity contribution in [2.45, 2.75) is 123 Å². The highest BCUT2D eigenvalue weighted by molar-refractivity contribution is 7.81. The average molecular weight is 1220 g/mol. The molecule has 0 radical (unpaired) electrons. The van der Waals surface area contributed by atoms with Crippen molar-refractivity contribution in [1.29, 1.82) is 0 Å². The monoisotopic (exact) mass is 1220 g/mol. The summed E-state index contributed by atoms with van der Waals surface area (Å²) in [5, 5.41) is 20.0. The molecule has 6 heterocycles. The van der Waals surface area contributed by atoms with Crippen LogP contribution in [0.25, 0.3) is 22.3 Å². The SMILES string of the molecule is CC(C)N(CCc1c2c(nc3ccccc13)-c1cc3c(c(=O)n1C2)COC(=O)C3OC(=O)OCc1ccc(NC(=O)CNC(=O)COCC(=O)NC(C)(C)COC(C)(C)Cn2cc(CNC(=O)CCCC#Cc3cnc(=S)[nH]c3)nn2)cc1)S(C)=O. The van der Waals surface area contributed by atoms with Crippen LogP contribution in [0.4, 0.5) is 10.5 Å². The van der Waals surface area contributed by atoms with Crippen LogP contribution in [0, 0.1) is 16.6 Å². The molecule has 454 valence electrons. The molecule has 86 heavy (non-hydrogen) atoms. The predicted octanol–water partition coefficient (Wildman–Crippen LogP) is 4.77. The van der Waals surface area contributed by atoms with Gasteiger partial charge in [-0.25, -0.2) is 32.8 Å². The zero-order valence-electron chi connectivity index (χ0n) is 48.7. The van der Waals surface area contributed by atoms with E-state index < -0.39 is 83.4 Å². The van der Waals surface area contributed by atoms with Crippen LogP contribution in [0.15, 0.2) is 78.0 Å². The lowest BCUT2D eigenvalue weighted by Gasteiger charge is -2.32. The number of H-pyrrole nitrogens is 1. The van der Waals surface area contributed by atoms with E-state index in [0.717, 1.165) is 16.5 Å². The number of nitrogens with zero attached hydrogens (tertiary/aromatic N) is 7. The summed E-state index contributed by atoms with van der Waals surface area (Å²) in [5.74, 6) is 3.30. The number of pyridine rings is 2. The van der Waals surface area contributed by atoms with Gasteiger partial charge in [0.25, 0.3) is 5.56 Å². The molecule has 0 spiro atoms. The van der Waals surface area contributed by atoms with Gasteiger partial charge in [0.05, 0.1) is 89.1 Å². The number of para-hydroxylation sites is 1. The number of ether oxygens (including phenoxy) is 5. The van der Waals surface area contributed by atoms with Gasteiger partial charge in [-0.3, -0.25) is 24.0 Å². The molecule has 5 N–H and O–H groups in total. The van der Waals surface area contributed by atoms with Gasteiger partial charge in [0.15, 0.2) is 4.77 Å². The minimum absolute atomic E-state index is 0.0337. The molecule has 2 unspecified atom stereocenters. The Hall–Kier alpha value is -8.55.